The van der Waals surface area contributed by atoms with E-state index < -0.39 is 11.6 Å². The quantitative estimate of drug-likeness (QED) is 0.302. The molecule has 1 aliphatic carbocycles. The summed E-state index contributed by atoms with van der Waals surface area (Å²) in [7, 11) is 1.68. The Balaban J connectivity index is 1.22. The predicted octanol–water partition coefficient (Wildman–Crippen LogP) is 0.303. The number of anilines is 1. The summed E-state index contributed by atoms with van der Waals surface area (Å²) in [6, 6.07) is 8.00. The van der Waals surface area contributed by atoms with Gasteiger partial charge in [0.2, 0.25) is 5.78 Å². The third-order valence-electron chi connectivity index (χ3n) is 6.11. The molecule has 1 aliphatic heterocycles. The average Bonchev–Trinajstić information content (AvgIpc) is 3.19. The van der Waals surface area contributed by atoms with Crippen LogP contribution in [0.2, 0.25) is 0 Å². The molecule has 0 unspecified atom stereocenters. The molecule has 0 amide bonds. The van der Waals surface area contributed by atoms with Gasteiger partial charge < -0.3 is 14.8 Å². The number of ether oxygens (including phenoxy) is 1. The maximum absolute atomic E-state index is 12.9. The van der Waals surface area contributed by atoms with Crippen LogP contribution in [0, 0.1) is 5.21 Å². The summed E-state index contributed by atoms with van der Waals surface area (Å²) < 4.78 is 6.81. The van der Waals surface area contributed by atoms with Crippen LogP contribution in [0.5, 0.6) is 5.75 Å². The van der Waals surface area contributed by atoms with E-state index in [2.05, 4.69) is 31.0 Å². The first-order chi connectivity index (χ1) is 16.1. The molecule has 3 aromatic rings. The Kier molecular flexibility index (Phi) is 5.47. The molecule has 170 valence electrons. The van der Waals surface area contributed by atoms with Gasteiger partial charge in [-0.15, -0.1) is 9.53 Å². The number of rotatable bonds is 6. The number of nitrogens with zero attached hydrogens (tertiary/aromatic N) is 7. The zero-order chi connectivity index (χ0) is 22.9. The molecular weight excluding hydrogens is 426 g/mol. The first-order valence-corrected chi connectivity index (χ1v) is 10.8. The highest BCUT2D eigenvalue weighted by molar-refractivity contribution is 6.25. The van der Waals surface area contributed by atoms with E-state index in [1.165, 1.54) is 17.2 Å². The normalized spacial score (nSPS) is 16.0. The number of ketones is 2. The van der Waals surface area contributed by atoms with Gasteiger partial charge in [0.1, 0.15) is 24.3 Å². The van der Waals surface area contributed by atoms with Crippen molar-refractivity contribution in [3.05, 3.63) is 64.6 Å². The van der Waals surface area contributed by atoms with Crippen molar-refractivity contribution in [1.82, 2.24) is 24.8 Å². The van der Waals surface area contributed by atoms with Gasteiger partial charge in [-0.05, 0) is 12.1 Å². The van der Waals surface area contributed by atoms with Gasteiger partial charge in [-0.2, -0.15) is 0 Å². The first kappa shape index (κ1) is 21.0. The Morgan fingerprint density at radius 2 is 1.88 bits per heavy atom. The minimum atomic E-state index is -0.601. The van der Waals surface area contributed by atoms with Gasteiger partial charge in [-0.3, -0.25) is 14.5 Å². The van der Waals surface area contributed by atoms with Crippen molar-refractivity contribution in [2.24, 2.45) is 0 Å². The number of carbonyl (C=O) groups excluding carboxylic acids is 2. The van der Waals surface area contributed by atoms with E-state index in [4.69, 9.17) is 4.74 Å². The van der Waals surface area contributed by atoms with Gasteiger partial charge in [0.25, 0.3) is 17.2 Å². The summed E-state index contributed by atoms with van der Waals surface area (Å²) in [6.45, 7) is 4.67. The lowest BCUT2D eigenvalue weighted by molar-refractivity contribution is -0.672. The molecular formula is C22H23N7O4. The molecule has 1 saturated heterocycles. The maximum atomic E-state index is 12.9. The molecule has 2 aliphatic rings. The molecule has 5 rings (SSSR count). The summed E-state index contributed by atoms with van der Waals surface area (Å²) in [6.07, 6.45) is 3.17. The van der Waals surface area contributed by atoms with Crippen molar-refractivity contribution < 1.29 is 19.2 Å². The second-order valence-corrected chi connectivity index (χ2v) is 7.98. The van der Waals surface area contributed by atoms with Gasteiger partial charge in [0.05, 0.1) is 23.6 Å². The summed E-state index contributed by atoms with van der Waals surface area (Å²) in [5.41, 5.74) is 0.883. The minimum Gasteiger partial charge on any atom is -0.691 e. The number of carbonyl (C=O) groups is 2. The summed E-state index contributed by atoms with van der Waals surface area (Å²) in [4.78, 5) is 38.2. The van der Waals surface area contributed by atoms with Crippen molar-refractivity contribution in [2.45, 2.75) is 13.0 Å². The molecule has 33 heavy (non-hydrogen) atoms. The number of aryl methyl sites for hydroxylation is 1. The zero-order valence-electron chi connectivity index (χ0n) is 18.2. The Bertz CT molecular complexity index is 1220. The molecule has 0 spiro atoms. The van der Waals surface area contributed by atoms with E-state index in [0.717, 1.165) is 44.2 Å². The van der Waals surface area contributed by atoms with Crippen LogP contribution in [0.25, 0.3) is 0 Å². The van der Waals surface area contributed by atoms with Crippen molar-refractivity contribution in [3.63, 3.8) is 0 Å². The molecule has 3 heterocycles. The number of piperazine rings is 1. The second-order valence-electron chi connectivity index (χ2n) is 7.98. The Labute approximate surface area is 189 Å². The van der Waals surface area contributed by atoms with E-state index in [0.29, 0.717) is 13.0 Å². The van der Waals surface area contributed by atoms with Crippen LogP contribution in [0.4, 0.5) is 5.69 Å². The highest BCUT2D eigenvalue weighted by Gasteiger charge is 2.42. The van der Waals surface area contributed by atoms with Crippen molar-refractivity contribution in [2.75, 3.05) is 44.7 Å². The van der Waals surface area contributed by atoms with Gasteiger partial charge >= 0.3 is 0 Å². The van der Waals surface area contributed by atoms with Crippen LogP contribution >= 0.6 is 0 Å². The van der Waals surface area contributed by atoms with Crippen LogP contribution in [0.3, 0.4) is 0 Å². The minimum absolute atomic E-state index is 0.0123. The van der Waals surface area contributed by atoms with Gasteiger partial charge in [0, 0.05) is 45.3 Å². The fourth-order valence-electron chi connectivity index (χ4n) is 4.44. The summed E-state index contributed by atoms with van der Waals surface area (Å²) in [5, 5.41) is 16.2. The lowest BCUT2D eigenvalue weighted by atomic mass is 9.95. The van der Waals surface area contributed by atoms with E-state index in [1.807, 2.05) is 18.2 Å². The van der Waals surface area contributed by atoms with Crippen LogP contribution in [0.1, 0.15) is 38.7 Å². The molecule has 0 N–H and O–H groups in total. The number of hydrogen-bond donors (Lipinski definition) is 0. The summed E-state index contributed by atoms with van der Waals surface area (Å²) in [5.74, 6) is -0.185. The van der Waals surface area contributed by atoms with Gasteiger partial charge in [-0.1, -0.05) is 12.1 Å². The first-order valence-electron chi connectivity index (χ1n) is 10.8. The topological polar surface area (TPSA) is 120 Å². The predicted molar refractivity (Wildman–Crippen MR) is 116 cm³/mol. The molecule has 0 atom stereocenters. The van der Waals surface area contributed by atoms with Crippen molar-refractivity contribution in [1.29, 1.82) is 0 Å². The SMILES string of the molecule is COc1ccccc1N1CCN(CCCn2n[n+]([O-])c3c2C(=O)c2cncnc2C3=O)CC1. The van der Waals surface area contributed by atoms with Crippen LogP contribution in [0.15, 0.2) is 36.8 Å². The van der Waals surface area contributed by atoms with Crippen LogP contribution in [-0.2, 0) is 6.54 Å². The Morgan fingerprint density at radius 1 is 1.09 bits per heavy atom. The molecule has 1 fully saturated rings. The maximum Gasteiger partial charge on any atom is 0.258 e. The highest BCUT2D eigenvalue weighted by atomic mass is 16.5. The van der Waals surface area contributed by atoms with Crippen LogP contribution in [-0.4, -0.2) is 76.2 Å². The molecule has 0 bridgehead atoms. The molecule has 0 radical (unpaired) electrons. The van der Waals surface area contributed by atoms with E-state index in [-0.39, 0.29) is 27.5 Å². The van der Waals surface area contributed by atoms with Gasteiger partial charge in [0.15, 0.2) is 0 Å². The van der Waals surface area contributed by atoms with E-state index >= 15 is 0 Å². The molecule has 11 heteroatoms. The third kappa shape index (κ3) is 3.69. The largest absolute Gasteiger partial charge is 0.691 e. The summed E-state index contributed by atoms with van der Waals surface area (Å²) >= 11 is 0. The second kappa shape index (κ2) is 8.58. The highest BCUT2D eigenvalue weighted by Crippen LogP contribution is 2.28. The molecule has 0 saturated carbocycles. The lowest BCUT2D eigenvalue weighted by Crippen LogP contribution is -2.46. The number of methoxy groups -OCH3 is 1. The van der Waals surface area contributed by atoms with E-state index in [9.17, 15) is 14.8 Å². The number of hydrogen-bond acceptors (Lipinski definition) is 9. The molecule has 1 aromatic carbocycles. The lowest BCUT2D eigenvalue weighted by Gasteiger charge is -2.36. The van der Waals surface area contributed by atoms with Crippen molar-refractivity contribution in [3.8, 4) is 5.75 Å². The monoisotopic (exact) mass is 449 g/mol. The standard InChI is InChI=1S/C22H23N7O4/c1-33-17-6-3-2-5-16(17)27-11-9-26(10-12-27)7-4-8-28-19-20(29(32)25-28)22(31)18-15(21(19)30)13-23-14-24-18/h2-3,5-6,13-14H,4,7-12H2,1H3. The van der Waals surface area contributed by atoms with Crippen molar-refractivity contribution >= 4 is 17.3 Å². The van der Waals surface area contributed by atoms with Gasteiger partial charge in [-0.25, -0.2) is 9.97 Å². The number of para-hydroxylation sites is 2. The molecule has 2 aromatic heterocycles. The number of fused-ring (bicyclic) bond motifs is 2. The Hall–Kier alpha value is -3.86. The third-order valence-corrected chi connectivity index (χ3v) is 6.11. The fourth-order valence-corrected chi connectivity index (χ4v) is 4.44. The number of aromatic nitrogens is 5. The Morgan fingerprint density at radius 3 is 2.67 bits per heavy atom. The fraction of sp³-hybridized carbons (Fsp3) is 0.364. The average molecular weight is 449 g/mol. The van der Waals surface area contributed by atoms with E-state index in [1.54, 1.807) is 7.11 Å². The zero-order valence-corrected chi connectivity index (χ0v) is 18.2. The number of benzene rings is 1. The van der Waals surface area contributed by atoms with Crippen LogP contribution < -0.4 is 14.5 Å². The smallest absolute Gasteiger partial charge is 0.258 e. The molecule has 11 nitrogen and oxygen atoms in total.